The van der Waals surface area contributed by atoms with Crippen molar-refractivity contribution in [2.75, 3.05) is 6.54 Å². The maximum Gasteiger partial charge on any atom is 0.0621 e. The van der Waals surface area contributed by atoms with Crippen LogP contribution in [0.15, 0.2) is 0 Å². The van der Waals surface area contributed by atoms with Crippen molar-refractivity contribution in [3.8, 4) is 6.07 Å². The van der Waals surface area contributed by atoms with Crippen LogP contribution in [0.4, 0.5) is 0 Å². The molecule has 1 aliphatic carbocycles. The van der Waals surface area contributed by atoms with Gasteiger partial charge in [0.1, 0.15) is 0 Å². The highest BCUT2D eigenvalue weighted by atomic mass is 15.2. The molecule has 1 heterocycles. The fourth-order valence-electron chi connectivity index (χ4n) is 3.68. The molecule has 0 bridgehead atoms. The fourth-order valence-corrected chi connectivity index (χ4v) is 3.68. The van der Waals surface area contributed by atoms with Crippen LogP contribution in [0, 0.1) is 17.2 Å². The standard InChI is InChI=1S/C14H24N2/c1-12-11-13-7-3-4-8-14(13)16(12)10-6-2-5-9-15/h12-14H,2-8,10-11H2,1H3/t12-,13+,14-/m1/s1. The van der Waals surface area contributed by atoms with Crippen LogP contribution in [0.25, 0.3) is 0 Å². The van der Waals surface area contributed by atoms with Crippen molar-refractivity contribution in [1.29, 1.82) is 5.26 Å². The normalized spacial score (nSPS) is 34.6. The van der Waals surface area contributed by atoms with Crippen LogP contribution < -0.4 is 0 Å². The second-order valence-electron chi connectivity index (χ2n) is 5.55. The van der Waals surface area contributed by atoms with Gasteiger partial charge in [-0.25, -0.2) is 0 Å². The van der Waals surface area contributed by atoms with Crippen LogP contribution in [0.1, 0.15) is 58.3 Å². The summed E-state index contributed by atoms with van der Waals surface area (Å²) < 4.78 is 0. The van der Waals surface area contributed by atoms with Gasteiger partial charge in [-0.1, -0.05) is 12.8 Å². The summed E-state index contributed by atoms with van der Waals surface area (Å²) in [6, 6.07) is 3.91. The van der Waals surface area contributed by atoms with Crippen LogP contribution in [0.3, 0.4) is 0 Å². The lowest BCUT2D eigenvalue weighted by Gasteiger charge is -2.33. The average molecular weight is 220 g/mol. The molecule has 1 saturated carbocycles. The number of rotatable bonds is 4. The van der Waals surface area contributed by atoms with Crippen LogP contribution in [-0.2, 0) is 0 Å². The summed E-state index contributed by atoms with van der Waals surface area (Å²) in [7, 11) is 0. The predicted molar refractivity (Wildman–Crippen MR) is 66.0 cm³/mol. The van der Waals surface area contributed by atoms with E-state index >= 15 is 0 Å². The topological polar surface area (TPSA) is 27.0 Å². The minimum Gasteiger partial charge on any atom is -0.297 e. The van der Waals surface area contributed by atoms with Crippen molar-refractivity contribution < 1.29 is 0 Å². The Morgan fingerprint density at radius 3 is 2.88 bits per heavy atom. The summed E-state index contributed by atoms with van der Waals surface area (Å²) >= 11 is 0. The molecule has 3 atom stereocenters. The molecule has 1 aliphatic heterocycles. The smallest absolute Gasteiger partial charge is 0.0621 e. The lowest BCUT2D eigenvalue weighted by Crippen LogP contribution is -2.38. The molecular formula is C14H24N2. The van der Waals surface area contributed by atoms with Gasteiger partial charge in [0.15, 0.2) is 0 Å². The molecular weight excluding hydrogens is 196 g/mol. The molecule has 2 heteroatoms. The lowest BCUT2D eigenvalue weighted by atomic mass is 9.85. The van der Waals surface area contributed by atoms with Gasteiger partial charge in [0, 0.05) is 18.5 Å². The summed E-state index contributed by atoms with van der Waals surface area (Å²) in [5.74, 6) is 0.986. The minimum absolute atomic E-state index is 0.732. The molecule has 2 fully saturated rings. The number of nitrogens with zero attached hydrogens (tertiary/aromatic N) is 2. The Bertz CT molecular complexity index is 256. The van der Waals surface area contributed by atoms with E-state index in [-0.39, 0.29) is 0 Å². The van der Waals surface area contributed by atoms with Gasteiger partial charge >= 0.3 is 0 Å². The molecule has 1 saturated heterocycles. The van der Waals surface area contributed by atoms with Crippen molar-refractivity contribution in [2.45, 2.75) is 70.4 Å². The second-order valence-corrected chi connectivity index (χ2v) is 5.55. The van der Waals surface area contributed by atoms with Crippen molar-refractivity contribution in [3.05, 3.63) is 0 Å². The van der Waals surface area contributed by atoms with E-state index in [2.05, 4.69) is 17.9 Å². The fraction of sp³-hybridized carbons (Fsp3) is 0.929. The molecule has 0 amide bonds. The largest absolute Gasteiger partial charge is 0.297 e. The van der Waals surface area contributed by atoms with Gasteiger partial charge in [0.2, 0.25) is 0 Å². The number of nitriles is 1. The number of hydrogen-bond donors (Lipinski definition) is 0. The Labute approximate surface area is 99.6 Å². The van der Waals surface area contributed by atoms with Crippen molar-refractivity contribution in [2.24, 2.45) is 5.92 Å². The molecule has 0 spiro atoms. The molecule has 16 heavy (non-hydrogen) atoms. The Kier molecular flexibility index (Phi) is 4.23. The third-order valence-electron chi connectivity index (χ3n) is 4.46. The van der Waals surface area contributed by atoms with Crippen molar-refractivity contribution in [1.82, 2.24) is 4.90 Å². The summed E-state index contributed by atoms with van der Waals surface area (Å²) in [5, 5.41) is 8.53. The van der Waals surface area contributed by atoms with Gasteiger partial charge in [0.05, 0.1) is 6.07 Å². The van der Waals surface area contributed by atoms with Gasteiger partial charge in [-0.2, -0.15) is 5.26 Å². The van der Waals surface area contributed by atoms with Crippen molar-refractivity contribution >= 4 is 0 Å². The average Bonchev–Trinajstić information content (AvgIpc) is 2.61. The first-order valence-corrected chi connectivity index (χ1v) is 6.95. The van der Waals surface area contributed by atoms with E-state index in [1.165, 1.54) is 45.1 Å². The van der Waals surface area contributed by atoms with Crippen LogP contribution in [0.5, 0.6) is 0 Å². The summed E-state index contributed by atoms with van der Waals surface area (Å²) in [6.07, 6.45) is 10.2. The van der Waals surface area contributed by atoms with Crippen LogP contribution >= 0.6 is 0 Å². The number of hydrogen-bond acceptors (Lipinski definition) is 2. The van der Waals surface area contributed by atoms with Gasteiger partial charge in [-0.05, 0) is 51.5 Å². The highest BCUT2D eigenvalue weighted by molar-refractivity contribution is 4.93. The van der Waals surface area contributed by atoms with Crippen molar-refractivity contribution in [3.63, 3.8) is 0 Å². The van der Waals surface area contributed by atoms with E-state index in [4.69, 9.17) is 5.26 Å². The maximum atomic E-state index is 8.53. The predicted octanol–water partition coefficient (Wildman–Crippen LogP) is 3.33. The van der Waals surface area contributed by atoms with Gasteiger partial charge in [0.25, 0.3) is 0 Å². The molecule has 0 radical (unpaired) electrons. The van der Waals surface area contributed by atoms with E-state index in [9.17, 15) is 0 Å². The second kappa shape index (κ2) is 5.68. The molecule has 2 aliphatic rings. The third kappa shape index (κ3) is 2.58. The Balaban J connectivity index is 1.81. The van der Waals surface area contributed by atoms with Crippen LogP contribution in [-0.4, -0.2) is 23.5 Å². The van der Waals surface area contributed by atoms with E-state index in [1.807, 2.05) is 0 Å². The SMILES string of the molecule is C[C@@H]1C[C@@H]2CCCC[C@H]2N1CCCCC#N. The lowest BCUT2D eigenvalue weighted by molar-refractivity contribution is 0.154. The minimum atomic E-state index is 0.732. The molecule has 0 unspecified atom stereocenters. The zero-order chi connectivity index (χ0) is 11.4. The summed E-state index contributed by atoms with van der Waals surface area (Å²) in [5.41, 5.74) is 0. The third-order valence-corrected chi connectivity index (χ3v) is 4.46. The van der Waals surface area contributed by atoms with E-state index in [0.717, 1.165) is 30.8 Å². The zero-order valence-electron chi connectivity index (χ0n) is 10.5. The highest BCUT2D eigenvalue weighted by Crippen LogP contribution is 2.39. The first-order valence-electron chi connectivity index (χ1n) is 6.95. The van der Waals surface area contributed by atoms with E-state index < -0.39 is 0 Å². The molecule has 0 aromatic heterocycles. The van der Waals surface area contributed by atoms with Gasteiger partial charge in [-0.15, -0.1) is 0 Å². The first kappa shape index (κ1) is 11.9. The summed E-state index contributed by atoms with van der Waals surface area (Å²) in [4.78, 5) is 2.74. The number of unbranched alkanes of at least 4 members (excludes halogenated alkanes) is 2. The number of likely N-dealkylation sites (tertiary alicyclic amines) is 1. The monoisotopic (exact) mass is 220 g/mol. The Hall–Kier alpha value is -0.550. The van der Waals surface area contributed by atoms with E-state index in [0.29, 0.717) is 0 Å². The molecule has 0 aromatic rings. The van der Waals surface area contributed by atoms with Gasteiger partial charge < -0.3 is 0 Å². The molecule has 2 rings (SSSR count). The highest BCUT2D eigenvalue weighted by Gasteiger charge is 2.39. The maximum absolute atomic E-state index is 8.53. The van der Waals surface area contributed by atoms with Gasteiger partial charge in [-0.3, -0.25) is 4.90 Å². The summed E-state index contributed by atoms with van der Waals surface area (Å²) in [6.45, 7) is 3.62. The number of fused-ring (bicyclic) bond motifs is 1. The molecule has 90 valence electrons. The first-order chi connectivity index (χ1) is 7.83. The van der Waals surface area contributed by atoms with Crippen LogP contribution in [0.2, 0.25) is 0 Å². The zero-order valence-corrected chi connectivity index (χ0v) is 10.5. The molecule has 2 nitrogen and oxygen atoms in total. The quantitative estimate of drug-likeness (QED) is 0.679. The Morgan fingerprint density at radius 2 is 2.06 bits per heavy atom. The van der Waals surface area contributed by atoms with E-state index in [1.54, 1.807) is 0 Å². The Morgan fingerprint density at radius 1 is 1.25 bits per heavy atom. The molecule has 0 N–H and O–H groups in total. The molecule has 0 aromatic carbocycles.